The summed E-state index contributed by atoms with van der Waals surface area (Å²) in [4.78, 5) is 2.37. The lowest BCUT2D eigenvalue weighted by Crippen LogP contribution is -2.41. The van der Waals surface area contributed by atoms with E-state index in [0.717, 1.165) is 31.1 Å². The minimum Gasteiger partial charge on any atom is -0.302 e. The normalized spacial score (nSPS) is 17.0. The third kappa shape index (κ3) is 5.08. The van der Waals surface area contributed by atoms with Crippen molar-refractivity contribution in [1.29, 1.82) is 0 Å². The zero-order valence-corrected chi connectivity index (χ0v) is 17.4. The van der Waals surface area contributed by atoms with Gasteiger partial charge in [0.05, 0.1) is 0 Å². The maximum Gasteiger partial charge on any atom is 0.252 e. The Morgan fingerprint density at radius 2 is 1.88 bits per heavy atom. The van der Waals surface area contributed by atoms with Gasteiger partial charge in [-0.1, -0.05) is 36.7 Å². The molecule has 1 aliphatic rings. The number of benzene rings is 1. The topological polar surface area (TPSA) is 40.6 Å². The van der Waals surface area contributed by atoms with Crippen molar-refractivity contribution in [2.24, 2.45) is 5.92 Å². The molecule has 2 heterocycles. The summed E-state index contributed by atoms with van der Waals surface area (Å²) < 4.78 is 28.2. The first kappa shape index (κ1) is 19.8. The number of likely N-dealkylation sites (tertiary alicyclic amines) is 1. The summed E-state index contributed by atoms with van der Waals surface area (Å²) in [6.45, 7) is 6.01. The number of rotatable bonds is 7. The van der Waals surface area contributed by atoms with Crippen molar-refractivity contribution in [3.05, 3.63) is 52.4 Å². The van der Waals surface area contributed by atoms with E-state index in [-0.39, 0.29) is 0 Å². The van der Waals surface area contributed by atoms with Crippen molar-refractivity contribution in [2.75, 3.05) is 26.2 Å². The van der Waals surface area contributed by atoms with Crippen LogP contribution in [0.15, 0.2) is 46.0 Å². The Morgan fingerprint density at radius 1 is 1.19 bits per heavy atom. The standard InChI is InChI=1S/C19H25ClN2O2S2/c1-16-8-10-21(11-9-16)12-13-22(15-17-4-6-18(20)7-5-17)26(23,24)19-3-2-14-25-19/h2-7,14,16H,8-13,15H2,1H3. The highest BCUT2D eigenvalue weighted by molar-refractivity contribution is 7.91. The van der Waals surface area contributed by atoms with Gasteiger partial charge in [0.1, 0.15) is 4.21 Å². The molecule has 0 aliphatic carbocycles. The smallest absolute Gasteiger partial charge is 0.252 e. The molecule has 26 heavy (non-hydrogen) atoms. The van der Waals surface area contributed by atoms with Crippen LogP contribution in [-0.2, 0) is 16.6 Å². The quantitative estimate of drug-likeness (QED) is 0.679. The second-order valence-electron chi connectivity index (χ2n) is 6.92. The van der Waals surface area contributed by atoms with Crippen LogP contribution in [0.2, 0.25) is 5.02 Å². The lowest BCUT2D eigenvalue weighted by molar-refractivity contribution is 0.181. The van der Waals surface area contributed by atoms with E-state index in [1.54, 1.807) is 34.0 Å². The number of halogens is 1. The van der Waals surface area contributed by atoms with Crippen molar-refractivity contribution in [3.8, 4) is 0 Å². The van der Waals surface area contributed by atoms with Crippen LogP contribution in [0.4, 0.5) is 0 Å². The van der Waals surface area contributed by atoms with Crippen LogP contribution in [0.25, 0.3) is 0 Å². The lowest BCUT2D eigenvalue weighted by atomic mass is 9.99. The van der Waals surface area contributed by atoms with E-state index in [0.29, 0.717) is 22.3 Å². The Hall–Kier alpha value is -0.920. The Labute approximate surface area is 165 Å². The fourth-order valence-electron chi connectivity index (χ4n) is 3.15. The third-order valence-corrected chi connectivity index (χ3v) is 8.37. The number of nitrogens with zero attached hydrogens (tertiary/aromatic N) is 2. The fourth-order valence-corrected chi connectivity index (χ4v) is 5.84. The van der Waals surface area contributed by atoms with E-state index >= 15 is 0 Å². The van der Waals surface area contributed by atoms with E-state index < -0.39 is 10.0 Å². The molecule has 0 bridgehead atoms. The Kier molecular flexibility index (Phi) is 6.75. The van der Waals surface area contributed by atoms with Crippen molar-refractivity contribution in [3.63, 3.8) is 0 Å². The molecule has 0 N–H and O–H groups in total. The molecule has 1 fully saturated rings. The van der Waals surface area contributed by atoms with Crippen LogP contribution in [0.1, 0.15) is 25.3 Å². The van der Waals surface area contributed by atoms with Gasteiger partial charge in [-0.25, -0.2) is 8.42 Å². The summed E-state index contributed by atoms with van der Waals surface area (Å²) in [7, 11) is -3.49. The summed E-state index contributed by atoms with van der Waals surface area (Å²) >= 11 is 7.23. The van der Waals surface area contributed by atoms with Crippen molar-refractivity contribution in [1.82, 2.24) is 9.21 Å². The van der Waals surface area contributed by atoms with Gasteiger partial charge in [-0.3, -0.25) is 0 Å². The SMILES string of the molecule is CC1CCN(CCN(Cc2ccc(Cl)cc2)S(=O)(=O)c2cccs2)CC1. The highest BCUT2D eigenvalue weighted by atomic mass is 35.5. The second kappa shape index (κ2) is 8.85. The first-order chi connectivity index (χ1) is 12.4. The molecule has 0 atom stereocenters. The molecule has 142 valence electrons. The van der Waals surface area contributed by atoms with Gasteiger partial charge in [0, 0.05) is 24.7 Å². The number of thiophene rings is 1. The van der Waals surface area contributed by atoms with E-state index in [4.69, 9.17) is 11.6 Å². The van der Waals surface area contributed by atoms with Gasteiger partial charge in [-0.05, 0) is 61.0 Å². The predicted molar refractivity (Wildman–Crippen MR) is 108 cm³/mol. The van der Waals surface area contributed by atoms with Crippen LogP contribution in [-0.4, -0.2) is 43.8 Å². The zero-order chi connectivity index (χ0) is 18.6. The first-order valence-corrected chi connectivity index (χ1v) is 11.7. The molecule has 0 saturated carbocycles. The summed E-state index contributed by atoms with van der Waals surface area (Å²) in [5.74, 6) is 0.770. The molecule has 0 radical (unpaired) electrons. The maximum absolute atomic E-state index is 13.1. The third-order valence-electron chi connectivity index (χ3n) is 4.90. The molecule has 0 unspecified atom stereocenters. The molecular weight excluding hydrogens is 388 g/mol. The van der Waals surface area contributed by atoms with Gasteiger partial charge in [-0.2, -0.15) is 4.31 Å². The van der Waals surface area contributed by atoms with E-state index in [2.05, 4.69) is 11.8 Å². The Bertz CT molecular complexity index is 783. The van der Waals surface area contributed by atoms with Crippen LogP contribution in [0, 0.1) is 5.92 Å². The lowest BCUT2D eigenvalue weighted by Gasteiger charge is -2.32. The molecule has 3 rings (SSSR count). The highest BCUT2D eigenvalue weighted by Crippen LogP contribution is 2.24. The van der Waals surface area contributed by atoms with Crippen LogP contribution >= 0.6 is 22.9 Å². The summed E-state index contributed by atoms with van der Waals surface area (Å²) in [6, 6.07) is 10.9. The van der Waals surface area contributed by atoms with Gasteiger partial charge in [0.15, 0.2) is 0 Å². The van der Waals surface area contributed by atoms with Gasteiger partial charge in [0.25, 0.3) is 10.0 Å². The molecule has 4 nitrogen and oxygen atoms in total. The molecule has 2 aromatic rings. The maximum atomic E-state index is 13.1. The average molecular weight is 413 g/mol. The van der Waals surface area contributed by atoms with Gasteiger partial charge in [0.2, 0.25) is 0 Å². The molecule has 1 aliphatic heterocycles. The number of sulfonamides is 1. The Morgan fingerprint density at radius 3 is 2.50 bits per heavy atom. The molecule has 0 spiro atoms. The molecule has 1 aromatic carbocycles. The van der Waals surface area contributed by atoms with Gasteiger partial charge < -0.3 is 4.90 Å². The fraction of sp³-hybridized carbons (Fsp3) is 0.474. The summed E-state index contributed by atoms with van der Waals surface area (Å²) in [5.41, 5.74) is 0.946. The minimum absolute atomic E-state index is 0.363. The molecule has 1 aromatic heterocycles. The highest BCUT2D eigenvalue weighted by Gasteiger charge is 2.26. The largest absolute Gasteiger partial charge is 0.302 e. The molecular formula is C19H25ClN2O2S2. The molecule has 0 amide bonds. The van der Waals surface area contributed by atoms with E-state index in [1.165, 1.54) is 24.2 Å². The van der Waals surface area contributed by atoms with Crippen molar-refractivity contribution >= 4 is 33.0 Å². The van der Waals surface area contributed by atoms with Crippen LogP contribution < -0.4 is 0 Å². The van der Waals surface area contributed by atoms with E-state index in [9.17, 15) is 8.42 Å². The number of hydrogen-bond acceptors (Lipinski definition) is 4. The monoisotopic (exact) mass is 412 g/mol. The van der Waals surface area contributed by atoms with Gasteiger partial charge >= 0.3 is 0 Å². The predicted octanol–water partition coefficient (Wildman–Crippen LogP) is 4.32. The van der Waals surface area contributed by atoms with Crippen LogP contribution in [0.5, 0.6) is 0 Å². The molecule has 7 heteroatoms. The number of piperidine rings is 1. The summed E-state index contributed by atoms with van der Waals surface area (Å²) in [5, 5.41) is 2.46. The van der Waals surface area contributed by atoms with Crippen LogP contribution in [0.3, 0.4) is 0 Å². The van der Waals surface area contributed by atoms with Crippen molar-refractivity contribution < 1.29 is 8.42 Å². The zero-order valence-electron chi connectivity index (χ0n) is 15.0. The summed E-state index contributed by atoms with van der Waals surface area (Å²) in [6.07, 6.45) is 2.38. The Balaban J connectivity index is 1.74. The van der Waals surface area contributed by atoms with Crippen molar-refractivity contribution in [2.45, 2.75) is 30.5 Å². The second-order valence-corrected chi connectivity index (χ2v) is 10.5. The van der Waals surface area contributed by atoms with Gasteiger partial charge in [-0.15, -0.1) is 11.3 Å². The first-order valence-electron chi connectivity index (χ1n) is 8.95. The molecule has 1 saturated heterocycles. The average Bonchev–Trinajstić information content (AvgIpc) is 3.17. The van der Waals surface area contributed by atoms with E-state index in [1.807, 2.05) is 12.1 Å². The number of hydrogen-bond donors (Lipinski definition) is 0. The minimum atomic E-state index is -3.49.